The van der Waals surface area contributed by atoms with Crippen molar-refractivity contribution in [3.05, 3.63) is 83.9 Å². The Balaban J connectivity index is 1.46. The Kier molecular flexibility index (Phi) is 9.60. The van der Waals surface area contributed by atoms with Crippen LogP contribution in [0.4, 0.5) is 11.4 Å². The van der Waals surface area contributed by atoms with Crippen molar-refractivity contribution in [2.45, 2.75) is 51.9 Å². The third kappa shape index (κ3) is 8.73. The maximum absolute atomic E-state index is 11.2. The van der Waals surface area contributed by atoms with Crippen LogP contribution in [0.15, 0.2) is 72.8 Å². The van der Waals surface area contributed by atoms with E-state index in [9.17, 15) is 14.7 Å². The lowest BCUT2D eigenvalue weighted by Gasteiger charge is -2.24. The third-order valence-corrected chi connectivity index (χ3v) is 5.86. The lowest BCUT2D eigenvalue weighted by molar-refractivity contribution is -0.170. The molecule has 0 spiro atoms. The highest BCUT2D eigenvalue weighted by Gasteiger charge is 2.29. The number of benzene rings is 3. The molecule has 0 amide bonds. The zero-order valence-corrected chi connectivity index (χ0v) is 22.3. The Morgan fingerprint density at radius 1 is 0.763 bits per heavy atom. The van der Waals surface area contributed by atoms with Crippen molar-refractivity contribution in [1.29, 1.82) is 0 Å². The molecule has 0 aliphatic rings. The van der Waals surface area contributed by atoms with E-state index in [0.717, 1.165) is 37.3 Å². The predicted octanol–water partition coefficient (Wildman–Crippen LogP) is 5.53. The van der Waals surface area contributed by atoms with Gasteiger partial charge in [0.15, 0.2) is 5.60 Å². The van der Waals surface area contributed by atoms with Crippen LogP contribution in [0, 0.1) is 0 Å². The first-order chi connectivity index (χ1) is 18.1. The number of hydrogen-bond donors (Lipinski definition) is 3. The van der Waals surface area contributed by atoms with Gasteiger partial charge in [-0.1, -0.05) is 24.3 Å². The standard InChI is InChI=1S/C30H36N2O6/c1-29(2,28(34)35)37-26-13-9-24(10-14-26)31-19-17-22-7-5-6-8-23(22)18-20-32-25-11-15-27(16-12-25)38-30(3,4)36-21-33/h5-16,21,31-32H,17-20H2,1-4H3,(H,34,35). The van der Waals surface area contributed by atoms with Crippen LogP contribution >= 0.6 is 0 Å². The quantitative estimate of drug-likeness (QED) is 0.178. The molecule has 38 heavy (non-hydrogen) atoms. The van der Waals surface area contributed by atoms with Crippen LogP contribution in [0.1, 0.15) is 38.8 Å². The summed E-state index contributed by atoms with van der Waals surface area (Å²) in [6, 6.07) is 23.3. The molecule has 3 N–H and O–H groups in total. The average molecular weight is 521 g/mol. The van der Waals surface area contributed by atoms with Crippen LogP contribution in [0.2, 0.25) is 0 Å². The van der Waals surface area contributed by atoms with E-state index in [1.807, 2.05) is 36.4 Å². The first-order valence-corrected chi connectivity index (χ1v) is 12.6. The molecule has 0 bridgehead atoms. The van der Waals surface area contributed by atoms with Gasteiger partial charge < -0.3 is 30.0 Å². The number of carbonyl (C=O) groups is 2. The van der Waals surface area contributed by atoms with Crippen molar-refractivity contribution in [3.8, 4) is 11.5 Å². The van der Waals surface area contributed by atoms with E-state index in [1.54, 1.807) is 26.0 Å². The van der Waals surface area contributed by atoms with Gasteiger partial charge in [-0.25, -0.2) is 4.79 Å². The van der Waals surface area contributed by atoms with E-state index in [2.05, 4.69) is 34.9 Å². The Morgan fingerprint density at radius 2 is 1.21 bits per heavy atom. The van der Waals surface area contributed by atoms with Gasteiger partial charge in [-0.2, -0.15) is 0 Å². The fourth-order valence-corrected chi connectivity index (χ4v) is 3.77. The number of hydrogen-bond acceptors (Lipinski definition) is 7. The number of carboxylic acid groups (broad SMARTS) is 1. The van der Waals surface area contributed by atoms with Crippen molar-refractivity contribution in [2.24, 2.45) is 0 Å². The Labute approximate surface area is 223 Å². The van der Waals surface area contributed by atoms with Crippen LogP contribution < -0.4 is 20.1 Å². The molecule has 3 aromatic carbocycles. The van der Waals surface area contributed by atoms with Crippen LogP contribution in [0.5, 0.6) is 11.5 Å². The van der Waals surface area contributed by atoms with Gasteiger partial charge in [-0.05, 0) is 86.3 Å². The van der Waals surface area contributed by atoms with Gasteiger partial charge in [0.2, 0.25) is 5.79 Å². The van der Waals surface area contributed by atoms with Gasteiger partial charge >= 0.3 is 5.97 Å². The number of carboxylic acids is 1. The van der Waals surface area contributed by atoms with E-state index in [4.69, 9.17) is 14.2 Å². The largest absolute Gasteiger partial charge is 0.478 e. The summed E-state index contributed by atoms with van der Waals surface area (Å²) in [6.45, 7) is 8.32. The Morgan fingerprint density at radius 3 is 1.63 bits per heavy atom. The second kappa shape index (κ2) is 12.9. The van der Waals surface area contributed by atoms with Crippen molar-refractivity contribution in [3.63, 3.8) is 0 Å². The third-order valence-electron chi connectivity index (χ3n) is 5.86. The summed E-state index contributed by atoms with van der Waals surface area (Å²) in [5, 5.41) is 16.1. The summed E-state index contributed by atoms with van der Waals surface area (Å²) in [7, 11) is 0. The maximum atomic E-state index is 11.2. The van der Waals surface area contributed by atoms with E-state index in [0.29, 0.717) is 18.0 Å². The fraction of sp³-hybridized carbons (Fsp3) is 0.333. The zero-order chi connectivity index (χ0) is 27.6. The highest BCUT2D eigenvalue weighted by Crippen LogP contribution is 2.23. The van der Waals surface area contributed by atoms with Crippen molar-refractivity contribution < 1.29 is 28.9 Å². The van der Waals surface area contributed by atoms with E-state index < -0.39 is 17.4 Å². The highest BCUT2D eigenvalue weighted by atomic mass is 16.7. The predicted molar refractivity (Wildman–Crippen MR) is 148 cm³/mol. The topological polar surface area (TPSA) is 106 Å². The maximum Gasteiger partial charge on any atom is 0.347 e. The zero-order valence-electron chi connectivity index (χ0n) is 22.3. The first-order valence-electron chi connectivity index (χ1n) is 12.6. The Hall–Kier alpha value is -4.20. The molecule has 8 heteroatoms. The molecule has 0 fully saturated rings. The van der Waals surface area contributed by atoms with Crippen LogP contribution in [0.25, 0.3) is 0 Å². The van der Waals surface area contributed by atoms with Gasteiger partial charge in [-0.15, -0.1) is 0 Å². The van der Waals surface area contributed by atoms with Gasteiger partial charge in [0.25, 0.3) is 6.47 Å². The average Bonchev–Trinajstić information content (AvgIpc) is 2.86. The van der Waals surface area contributed by atoms with Gasteiger partial charge in [0.05, 0.1) is 0 Å². The lowest BCUT2D eigenvalue weighted by atomic mass is 10.0. The second-order valence-corrected chi connectivity index (χ2v) is 9.80. The summed E-state index contributed by atoms with van der Waals surface area (Å²) < 4.78 is 16.2. The summed E-state index contributed by atoms with van der Waals surface area (Å²) in [5.41, 5.74) is 3.21. The number of ether oxygens (including phenoxy) is 3. The molecule has 0 unspecified atom stereocenters. The molecule has 202 valence electrons. The molecule has 0 aromatic heterocycles. The number of aliphatic carboxylic acids is 1. The molecule has 0 saturated carbocycles. The molecule has 3 rings (SSSR count). The molecule has 0 heterocycles. The smallest absolute Gasteiger partial charge is 0.347 e. The highest BCUT2D eigenvalue weighted by molar-refractivity contribution is 5.76. The van der Waals surface area contributed by atoms with Crippen LogP contribution in [0.3, 0.4) is 0 Å². The van der Waals surface area contributed by atoms with E-state index in [-0.39, 0.29) is 0 Å². The minimum absolute atomic E-state index is 0.378. The molecule has 0 atom stereocenters. The number of anilines is 2. The lowest BCUT2D eigenvalue weighted by Crippen LogP contribution is -2.37. The molecule has 0 aliphatic heterocycles. The molecule has 0 saturated heterocycles. The molecule has 8 nitrogen and oxygen atoms in total. The van der Waals surface area contributed by atoms with Gasteiger partial charge in [0.1, 0.15) is 11.5 Å². The molecule has 0 aliphatic carbocycles. The number of nitrogens with one attached hydrogen (secondary N) is 2. The number of rotatable bonds is 15. The molecular weight excluding hydrogens is 484 g/mol. The van der Waals surface area contributed by atoms with Crippen molar-refractivity contribution in [2.75, 3.05) is 23.7 Å². The summed E-state index contributed by atoms with van der Waals surface area (Å²) in [6.07, 6.45) is 1.74. The van der Waals surface area contributed by atoms with Crippen LogP contribution in [-0.2, 0) is 27.2 Å². The molecular formula is C30H36N2O6. The SMILES string of the molecule is CC(C)(OC=O)Oc1ccc(NCCc2ccccc2CCNc2ccc(OC(C)(C)C(=O)O)cc2)cc1. The molecule has 3 aromatic rings. The molecule has 0 radical (unpaired) electrons. The van der Waals surface area contributed by atoms with Crippen LogP contribution in [-0.4, -0.2) is 42.0 Å². The van der Waals surface area contributed by atoms with Gasteiger partial charge in [-0.3, -0.25) is 4.79 Å². The van der Waals surface area contributed by atoms with Crippen molar-refractivity contribution in [1.82, 2.24) is 0 Å². The minimum atomic E-state index is -1.28. The summed E-state index contributed by atoms with van der Waals surface area (Å²) >= 11 is 0. The second-order valence-electron chi connectivity index (χ2n) is 9.80. The Bertz CT molecular complexity index is 1190. The minimum Gasteiger partial charge on any atom is -0.478 e. The number of carbonyl (C=O) groups excluding carboxylic acids is 1. The van der Waals surface area contributed by atoms with E-state index >= 15 is 0 Å². The summed E-state index contributed by atoms with van der Waals surface area (Å²) in [5.74, 6) is -0.903. The monoisotopic (exact) mass is 520 g/mol. The summed E-state index contributed by atoms with van der Waals surface area (Å²) in [4.78, 5) is 21.8. The van der Waals surface area contributed by atoms with Crippen molar-refractivity contribution >= 4 is 23.8 Å². The first kappa shape index (κ1) is 28.4. The normalized spacial score (nSPS) is 11.4. The van der Waals surface area contributed by atoms with Gasteiger partial charge in [0, 0.05) is 38.3 Å². The van der Waals surface area contributed by atoms with E-state index in [1.165, 1.54) is 25.0 Å². The fourth-order valence-electron chi connectivity index (χ4n) is 3.77.